The number of halogens is 4. The zero-order chi connectivity index (χ0) is 12.3. The minimum atomic E-state index is -4.83. The van der Waals surface area contributed by atoms with E-state index in [4.69, 9.17) is 10.5 Å². The summed E-state index contributed by atoms with van der Waals surface area (Å²) in [7, 11) is 0. The molecular formula is C10H4F4N2. The summed E-state index contributed by atoms with van der Waals surface area (Å²) in [5, 5.41) is 16.9. The van der Waals surface area contributed by atoms with Gasteiger partial charge in [-0.2, -0.15) is 23.7 Å². The summed E-state index contributed by atoms with van der Waals surface area (Å²) < 4.78 is 49.9. The van der Waals surface area contributed by atoms with Crippen LogP contribution in [0.3, 0.4) is 0 Å². The van der Waals surface area contributed by atoms with E-state index in [9.17, 15) is 17.6 Å². The molecule has 1 aromatic rings. The molecule has 0 N–H and O–H groups in total. The van der Waals surface area contributed by atoms with E-state index in [1.807, 2.05) is 0 Å². The second-order valence-electron chi connectivity index (χ2n) is 2.93. The van der Waals surface area contributed by atoms with Crippen molar-refractivity contribution in [3.63, 3.8) is 0 Å². The molecule has 0 aromatic heterocycles. The Morgan fingerprint density at radius 3 is 2.25 bits per heavy atom. The lowest BCUT2D eigenvalue weighted by Crippen LogP contribution is -2.09. The normalized spacial score (nSPS) is 10.6. The lowest BCUT2D eigenvalue weighted by molar-refractivity contribution is -0.140. The van der Waals surface area contributed by atoms with Crippen LogP contribution >= 0.6 is 0 Å². The summed E-state index contributed by atoms with van der Waals surface area (Å²) in [6.45, 7) is 0. The maximum Gasteiger partial charge on any atom is 0.419 e. The number of nitrogens with zero attached hydrogens (tertiary/aromatic N) is 2. The molecule has 2 nitrogen and oxygen atoms in total. The van der Waals surface area contributed by atoms with Gasteiger partial charge in [-0.25, -0.2) is 4.39 Å². The second-order valence-corrected chi connectivity index (χ2v) is 2.93. The molecule has 0 aliphatic rings. The van der Waals surface area contributed by atoms with Gasteiger partial charge in [0.05, 0.1) is 29.7 Å². The van der Waals surface area contributed by atoms with Crippen molar-refractivity contribution in [1.29, 1.82) is 10.5 Å². The van der Waals surface area contributed by atoms with E-state index in [2.05, 4.69) is 0 Å². The van der Waals surface area contributed by atoms with Crippen LogP contribution < -0.4 is 0 Å². The fourth-order valence-corrected chi connectivity index (χ4v) is 1.17. The number of rotatable bonds is 1. The van der Waals surface area contributed by atoms with Gasteiger partial charge in [0.1, 0.15) is 5.82 Å². The molecule has 0 unspecified atom stereocenters. The third-order valence-corrected chi connectivity index (χ3v) is 1.89. The molecule has 0 bridgehead atoms. The molecule has 0 radical (unpaired) electrons. The van der Waals surface area contributed by atoms with Gasteiger partial charge in [-0.15, -0.1) is 0 Å². The fourth-order valence-electron chi connectivity index (χ4n) is 1.17. The Morgan fingerprint density at radius 2 is 1.81 bits per heavy atom. The Bertz CT molecular complexity index is 491. The standard InChI is InChI=1S/C10H4F4N2/c11-9-4-7(5-16)6(1-2-15)3-8(9)10(12,13)14/h3-4H,1H2. The van der Waals surface area contributed by atoms with Crippen molar-refractivity contribution in [2.24, 2.45) is 0 Å². The molecule has 0 heterocycles. The molecule has 1 rings (SSSR count). The first kappa shape index (κ1) is 12.0. The van der Waals surface area contributed by atoms with Crippen molar-refractivity contribution in [2.45, 2.75) is 12.6 Å². The van der Waals surface area contributed by atoms with Crippen molar-refractivity contribution in [3.05, 3.63) is 34.6 Å². The van der Waals surface area contributed by atoms with Crippen LogP contribution in [-0.4, -0.2) is 0 Å². The summed E-state index contributed by atoms with van der Waals surface area (Å²) >= 11 is 0. The van der Waals surface area contributed by atoms with Gasteiger partial charge >= 0.3 is 6.18 Å². The number of alkyl halides is 3. The summed E-state index contributed by atoms with van der Waals surface area (Å²) in [5.74, 6) is -1.51. The first-order valence-corrected chi connectivity index (χ1v) is 4.06. The summed E-state index contributed by atoms with van der Waals surface area (Å²) in [6.07, 6.45) is -5.20. The third kappa shape index (κ3) is 2.29. The lowest BCUT2D eigenvalue weighted by atomic mass is 10.0. The van der Waals surface area contributed by atoms with Gasteiger partial charge in [-0.3, -0.25) is 0 Å². The molecule has 1 aromatic carbocycles. The highest BCUT2D eigenvalue weighted by Gasteiger charge is 2.34. The molecule has 0 spiro atoms. The van der Waals surface area contributed by atoms with Crippen molar-refractivity contribution in [1.82, 2.24) is 0 Å². The van der Waals surface area contributed by atoms with Crippen LogP contribution in [0, 0.1) is 28.5 Å². The first-order chi connectivity index (χ1) is 7.40. The monoisotopic (exact) mass is 228 g/mol. The van der Waals surface area contributed by atoms with E-state index in [0.717, 1.165) is 0 Å². The van der Waals surface area contributed by atoms with Crippen LogP contribution in [-0.2, 0) is 12.6 Å². The topological polar surface area (TPSA) is 47.6 Å². The molecule has 6 heteroatoms. The second kappa shape index (κ2) is 4.19. The Kier molecular flexibility index (Phi) is 3.14. The zero-order valence-electron chi connectivity index (χ0n) is 7.77. The van der Waals surface area contributed by atoms with Crippen LogP contribution in [0.4, 0.5) is 17.6 Å². The van der Waals surface area contributed by atoms with Crippen molar-refractivity contribution in [3.8, 4) is 12.1 Å². The van der Waals surface area contributed by atoms with E-state index in [-0.39, 0.29) is 17.5 Å². The Labute approximate surface area is 88.3 Å². The van der Waals surface area contributed by atoms with Gasteiger partial charge in [0, 0.05) is 0 Å². The predicted octanol–water partition coefficient (Wildman–Crippen LogP) is 2.78. The van der Waals surface area contributed by atoms with Gasteiger partial charge in [-0.1, -0.05) is 0 Å². The lowest BCUT2D eigenvalue weighted by Gasteiger charge is -2.10. The summed E-state index contributed by atoms with van der Waals surface area (Å²) in [6, 6.07) is 4.15. The van der Waals surface area contributed by atoms with Crippen LogP contribution in [0.2, 0.25) is 0 Å². The SMILES string of the molecule is N#CCc1cc(C(F)(F)F)c(F)cc1C#N. The van der Waals surface area contributed by atoms with Gasteiger partial charge in [-0.05, 0) is 17.7 Å². The highest BCUT2D eigenvalue weighted by molar-refractivity contribution is 5.43. The van der Waals surface area contributed by atoms with Crippen LogP contribution in [0.15, 0.2) is 12.1 Å². The quantitative estimate of drug-likeness (QED) is 0.694. The van der Waals surface area contributed by atoms with Crippen molar-refractivity contribution < 1.29 is 17.6 Å². The minimum Gasteiger partial charge on any atom is -0.206 e. The van der Waals surface area contributed by atoms with Crippen LogP contribution in [0.1, 0.15) is 16.7 Å². The number of benzene rings is 1. The average molecular weight is 228 g/mol. The Morgan fingerprint density at radius 1 is 1.19 bits per heavy atom. The molecule has 0 aliphatic heterocycles. The Hall–Kier alpha value is -2.08. The molecule has 0 amide bonds. The number of nitriles is 2. The summed E-state index contributed by atoms with van der Waals surface area (Å²) in [4.78, 5) is 0. The first-order valence-electron chi connectivity index (χ1n) is 4.06. The smallest absolute Gasteiger partial charge is 0.206 e. The molecule has 0 fully saturated rings. The number of hydrogen-bond donors (Lipinski definition) is 0. The molecule has 0 atom stereocenters. The third-order valence-electron chi connectivity index (χ3n) is 1.89. The van der Waals surface area contributed by atoms with Gasteiger partial charge in [0.2, 0.25) is 0 Å². The van der Waals surface area contributed by atoms with Crippen molar-refractivity contribution >= 4 is 0 Å². The Balaban J connectivity index is 3.42. The highest BCUT2D eigenvalue weighted by Crippen LogP contribution is 2.32. The predicted molar refractivity (Wildman–Crippen MR) is 45.4 cm³/mol. The van der Waals surface area contributed by atoms with Gasteiger partial charge < -0.3 is 0 Å². The molecular weight excluding hydrogens is 224 g/mol. The van der Waals surface area contributed by atoms with E-state index in [1.54, 1.807) is 12.1 Å². The largest absolute Gasteiger partial charge is 0.419 e. The molecule has 0 saturated carbocycles. The van der Waals surface area contributed by atoms with E-state index in [1.165, 1.54) is 0 Å². The summed E-state index contributed by atoms with van der Waals surface area (Å²) in [5.41, 5.74) is -1.84. The van der Waals surface area contributed by atoms with Crippen LogP contribution in [0.25, 0.3) is 0 Å². The molecule has 0 saturated heterocycles. The van der Waals surface area contributed by atoms with Gasteiger partial charge in [0.25, 0.3) is 0 Å². The zero-order valence-corrected chi connectivity index (χ0v) is 7.77. The molecule has 82 valence electrons. The highest BCUT2D eigenvalue weighted by atomic mass is 19.4. The van der Waals surface area contributed by atoms with Crippen LogP contribution in [0.5, 0.6) is 0 Å². The van der Waals surface area contributed by atoms with E-state index in [0.29, 0.717) is 12.1 Å². The maximum atomic E-state index is 13.0. The number of hydrogen-bond acceptors (Lipinski definition) is 2. The van der Waals surface area contributed by atoms with Gasteiger partial charge in [0.15, 0.2) is 0 Å². The molecule has 16 heavy (non-hydrogen) atoms. The average Bonchev–Trinajstić information content (AvgIpc) is 2.18. The minimum absolute atomic E-state index is 0.126. The van der Waals surface area contributed by atoms with E-state index >= 15 is 0 Å². The van der Waals surface area contributed by atoms with E-state index < -0.39 is 17.6 Å². The maximum absolute atomic E-state index is 13.0. The molecule has 0 aliphatic carbocycles. The van der Waals surface area contributed by atoms with Crippen molar-refractivity contribution in [2.75, 3.05) is 0 Å². The fraction of sp³-hybridized carbons (Fsp3) is 0.200.